The number of para-hydroxylation sites is 1. The molecule has 2 aromatic carbocycles. The quantitative estimate of drug-likeness (QED) is 0.707. The fourth-order valence-corrected chi connectivity index (χ4v) is 4.53. The second-order valence-electron chi connectivity index (χ2n) is 8.75. The third kappa shape index (κ3) is 5.79. The van der Waals surface area contributed by atoms with Gasteiger partial charge in [0, 0.05) is 56.9 Å². The van der Waals surface area contributed by atoms with E-state index < -0.39 is 0 Å². The van der Waals surface area contributed by atoms with Crippen LogP contribution in [0, 0.1) is 0 Å². The molecule has 2 aromatic rings. The average molecular weight is 449 g/mol. The molecule has 0 aromatic heterocycles. The Morgan fingerprint density at radius 1 is 0.970 bits per heavy atom. The molecular weight excluding hydrogens is 416 g/mol. The van der Waals surface area contributed by atoms with Crippen LogP contribution in [0.2, 0.25) is 0 Å². The van der Waals surface area contributed by atoms with Crippen LogP contribution in [0.5, 0.6) is 0 Å². The molecule has 174 valence electrons. The molecule has 2 fully saturated rings. The van der Waals surface area contributed by atoms with Crippen LogP contribution in [0.15, 0.2) is 48.5 Å². The zero-order chi connectivity index (χ0) is 23.2. The Kier molecular flexibility index (Phi) is 7.40. The van der Waals surface area contributed by atoms with Gasteiger partial charge < -0.3 is 15.1 Å². The summed E-state index contributed by atoms with van der Waals surface area (Å²) in [5.41, 5.74) is 3.63. The molecule has 7 nitrogen and oxygen atoms in total. The Morgan fingerprint density at radius 3 is 2.48 bits per heavy atom. The molecule has 2 aliphatic rings. The van der Waals surface area contributed by atoms with E-state index in [1.54, 1.807) is 0 Å². The first-order chi connectivity index (χ1) is 16.0. The van der Waals surface area contributed by atoms with Crippen molar-refractivity contribution in [2.45, 2.75) is 32.7 Å². The Morgan fingerprint density at radius 2 is 1.76 bits per heavy atom. The summed E-state index contributed by atoms with van der Waals surface area (Å²) in [5, 5.41) is 3.02. The molecule has 0 aliphatic carbocycles. The van der Waals surface area contributed by atoms with E-state index in [1.807, 2.05) is 58.3 Å². The molecule has 2 heterocycles. The van der Waals surface area contributed by atoms with E-state index in [2.05, 4.69) is 17.1 Å². The first-order valence-electron chi connectivity index (χ1n) is 11.8. The van der Waals surface area contributed by atoms with Crippen molar-refractivity contribution in [1.82, 2.24) is 14.7 Å². The van der Waals surface area contributed by atoms with Crippen molar-refractivity contribution >= 4 is 23.4 Å². The van der Waals surface area contributed by atoms with Gasteiger partial charge in [-0.3, -0.25) is 19.3 Å². The van der Waals surface area contributed by atoms with Crippen molar-refractivity contribution in [2.24, 2.45) is 0 Å². The molecule has 0 atom stereocenters. The first-order valence-corrected chi connectivity index (χ1v) is 11.8. The number of benzene rings is 2. The van der Waals surface area contributed by atoms with Gasteiger partial charge in [-0.15, -0.1) is 0 Å². The second-order valence-corrected chi connectivity index (χ2v) is 8.75. The number of hydrogen-bond donors (Lipinski definition) is 1. The molecule has 0 spiro atoms. The monoisotopic (exact) mass is 448 g/mol. The van der Waals surface area contributed by atoms with E-state index in [-0.39, 0.29) is 17.7 Å². The fourth-order valence-electron chi connectivity index (χ4n) is 4.53. The van der Waals surface area contributed by atoms with Gasteiger partial charge in [-0.05, 0) is 42.2 Å². The summed E-state index contributed by atoms with van der Waals surface area (Å²) >= 11 is 0. The van der Waals surface area contributed by atoms with Gasteiger partial charge in [0.25, 0.3) is 5.91 Å². The molecule has 4 rings (SSSR count). The number of piperazine rings is 1. The highest BCUT2D eigenvalue weighted by Gasteiger charge is 2.24. The summed E-state index contributed by atoms with van der Waals surface area (Å²) in [4.78, 5) is 43.3. The summed E-state index contributed by atoms with van der Waals surface area (Å²) in [6, 6.07) is 15.5. The van der Waals surface area contributed by atoms with Gasteiger partial charge >= 0.3 is 0 Å². The molecule has 33 heavy (non-hydrogen) atoms. The zero-order valence-corrected chi connectivity index (χ0v) is 19.3. The average Bonchev–Trinajstić information content (AvgIpc) is 3.23. The highest BCUT2D eigenvalue weighted by atomic mass is 16.2. The SMILES string of the molecule is CCc1ccccc1NC(=O)CN1CCN(C(=O)c2cccc(CN3CCCC3=O)c2)CC1. The lowest BCUT2D eigenvalue weighted by Crippen LogP contribution is -2.50. The molecule has 3 amide bonds. The van der Waals surface area contributed by atoms with Crippen molar-refractivity contribution in [3.8, 4) is 0 Å². The van der Waals surface area contributed by atoms with Crippen LogP contribution < -0.4 is 5.32 Å². The van der Waals surface area contributed by atoms with Gasteiger partial charge in [-0.2, -0.15) is 0 Å². The van der Waals surface area contributed by atoms with Crippen molar-refractivity contribution in [1.29, 1.82) is 0 Å². The highest BCUT2D eigenvalue weighted by molar-refractivity contribution is 5.95. The van der Waals surface area contributed by atoms with E-state index in [0.29, 0.717) is 51.3 Å². The molecule has 0 saturated carbocycles. The number of anilines is 1. The minimum Gasteiger partial charge on any atom is -0.338 e. The van der Waals surface area contributed by atoms with Crippen molar-refractivity contribution in [3.63, 3.8) is 0 Å². The second kappa shape index (κ2) is 10.6. The maximum atomic E-state index is 13.0. The number of amides is 3. The molecule has 0 radical (unpaired) electrons. The number of aryl methyl sites for hydroxylation is 1. The minimum atomic E-state index is -0.0279. The number of nitrogens with zero attached hydrogens (tertiary/aromatic N) is 3. The standard InChI is InChI=1S/C26H32N4O3/c1-2-21-8-3-4-10-23(21)27-24(31)19-28-13-15-29(16-14-28)26(33)22-9-5-7-20(17-22)18-30-12-6-11-25(30)32/h3-5,7-10,17H,2,6,11-16,18-19H2,1H3,(H,27,31). The van der Waals surface area contributed by atoms with Gasteiger partial charge in [0.05, 0.1) is 6.54 Å². The molecule has 2 saturated heterocycles. The van der Waals surface area contributed by atoms with Gasteiger partial charge in [-0.1, -0.05) is 37.3 Å². The predicted molar refractivity (Wildman–Crippen MR) is 128 cm³/mol. The van der Waals surface area contributed by atoms with E-state index in [0.717, 1.165) is 36.2 Å². The third-order valence-electron chi connectivity index (χ3n) is 6.42. The topological polar surface area (TPSA) is 73.0 Å². The largest absolute Gasteiger partial charge is 0.338 e. The molecule has 7 heteroatoms. The van der Waals surface area contributed by atoms with Crippen LogP contribution in [-0.4, -0.2) is 71.7 Å². The Balaban J connectivity index is 1.28. The number of likely N-dealkylation sites (tertiary alicyclic amines) is 1. The highest BCUT2D eigenvalue weighted by Crippen LogP contribution is 2.18. The maximum absolute atomic E-state index is 13.0. The zero-order valence-electron chi connectivity index (χ0n) is 19.3. The van der Waals surface area contributed by atoms with E-state index >= 15 is 0 Å². The predicted octanol–water partition coefficient (Wildman–Crippen LogP) is 2.77. The fraction of sp³-hybridized carbons (Fsp3) is 0.423. The number of nitrogens with one attached hydrogen (secondary N) is 1. The lowest BCUT2D eigenvalue weighted by molar-refractivity contribution is -0.128. The van der Waals surface area contributed by atoms with Crippen LogP contribution >= 0.6 is 0 Å². The lowest BCUT2D eigenvalue weighted by atomic mass is 10.1. The van der Waals surface area contributed by atoms with Crippen LogP contribution in [0.1, 0.15) is 41.3 Å². The molecule has 0 bridgehead atoms. The van der Waals surface area contributed by atoms with Gasteiger partial charge in [0.1, 0.15) is 0 Å². The van der Waals surface area contributed by atoms with Crippen LogP contribution in [0.3, 0.4) is 0 Å². The minimum absolute atomic E-state index is 0.00516. The Bertz CT molecular complexity index is 1010. The summed E-state index contributed by atoms with van der Waals surface area (Å²) in [6.07, 6.45) is 2.39. The molecule has 1 N–H and O–H groups in total. The summed E-state index contributed by atoms with van der Waals surface area (Å²) in [5.74, 6) is 0.162. The van der Waals surface area contributed by atoms with E-state index in [1.165, 1.54) is 0 Å². The number of carbonyl (C=O) groups is 3. The number of hydrogen-bond acceptors (Lipinski definition) is 4. The van der Waals surface area contributed by atoms with Crippen molar-refractivity contribution < 1.29 is 14.4 Å². The van der Waals surface area contributed by atoms with Crippen molar-refractivity contribution in [2.75, 3.05) is 44.6 Å². The van der Waals surface area contributed by atoms with Crippen molar-refractivity contribution in [3.05, 3.63) is 65.2 Å². The van der Waals surface area contributed by atoms with Gasteiger partial charge in [-0.25, -0.2) is 0 Å². The first kappa shape index (κ1) is 23.0. The Hall–Kier alpha value is -3.19. The van der Waals surface area contributed by atoms with Crippen LogP contribution in [-0.2, 0) is 22.6 Å². The molecular formula is C26H32N4O3. The van der Waals surface area contributed by atoms with Gasteiger partial charge in [0.15, 0.2) is 0 Å². The van der Waals surface area contributed by atoms with E-state index in [9.17, 15) is 14.4 Å². The third-order valence-corrected chi connectivity index (χ3v) is 6.42. The van der Waals surface area contributed by atoms with E-state index in [4.69, 9.17) is 0 Å². The summed E-state index contributed by atoms with van der Waals surface area (Å²) in [7, 11) is 0. The molecule has 0 unspecified atom stereocenters. The maximum Gasteiger partial charge on any atom is 0.253 e. The summed E-state index contributed by atoms with van der Waals surface area (Å²) < 4.78 is 0. The van der Waals surface area contributed by atoms with Crippen LogP contribution in [0.4, 0.5) is 5.69 Å². The van der Waals surface area contributed by atoms with Crippen LogP contribution in [0.25, 0.3) is 0 Å². The summed E-state index contributed by atoms with van der Waals surface area (Å²) in [6.45, 7) is 6.24. The van der Waals surface area contributed by atoms with Gasteiger partial charge in [0.2, 0.25) is 11.8 Å². The number of carbonyl (C=O) groups excluding carboxylic acids is 3. The normalized spacial score (nSPS) is 16.8. The number of rotatable bonds is 7. The smallest absolute Gasteiger partial charge is 0.253 e. The lowest BCUT2D eigenvalue weighted by Gasteiger charge is -2.34. The molecule has 2 aliphatic heterocycles. The Labute approximate surface area is 195 Å².